The number of aromatic nitrogens is 1. The minimum absolute atomic E-state index is 0.129. The first-order valence-electron chi connectivity index (χ1n) is 7.66. The minimum atomic E-state index is -1.18. The first kappa shape index (κ1) is 16.7. The maximum absolute atomic E-state index is 12.1. The largest absolute Gasteiger partial charge is 0.507 e. The highest BCUT2D eigenvalue weighted by Crippen LogP contribution is 2.25. The molecule has 2 N–H and O–H groups in total. The van der Waals surface area contributed by atoms with E-state index in [9.17, 15) is 19.8 Å². The summed E-state index contributed by atoms with van der Waals surface area (Å²) in [6, 6.07) is 1.47. The van der Waals surface area contributed by atoms with Crippen LogP contribution in [0.5, 0.6) is 5.75 Å². The lowest BCUT2D eigenvalue weighted by Crippen LogP contribution is -2.40. The Hall–Kier alpha value is -1.12. The quantitative estimate of drug-likeness (QED) is 0.817. The van der Waals surface area contributed by atoms with Crippen molar-refractivity contribution < 1.29 is 15.0 Å². The second kappa shape index (κ2) is 7.19. The second-order valence-corrected chi connectivity index (χ2v) is 8.04. The van der Waals surface area contributed by atoms with Crippen molar-refractivity contribution in [2.75, 3.05) is 36.1 Å². The summed E-state index contributed by atoms with van der Waals surface area (Å²) in [7, 11) is 0. The molecule has 0 radical (unpaired) electrons. The standard InChI is InChI=1S/C15H20N2O4S2/c18-12-7-13(19)17-4-3-16(10-8-22-5-6-23-9-10)2-1-11(17)14(12)15(20)21/h7,10,18H,1-6,8-9H2,(H,20,21). The third-order valence-corrected chi connectivity index (χ3v) is 6.85. The number of pyridine rings is 1. The average Bonchev–Trinajstić information content (AvgIpc) is 2.87. The van der Waals surface area contributed by atoms with Crippen molar-refractivity contribution in [2.45, 2.75) is 19.0 Å². The molecule has 0 aromatic carbocycles. The Bertz CT molecular complexity index is 654. The van der Waals surface area contributed by atoms with Crippen LogP contribution in [0.2, 0.25) is 0 Å². The van der Waals surface area contributed by atoms with Gasteiger partial charge in [0.05, 0.1) is 0 Å². The first-order chi connectivity index (χ1) is 11.1. The number of fused-ring (bicyclic) bond motifs is 1. The van der Waals surface area contributed by atoms with Gasteiger partial charge in [-0.25, -0.2) is 4.79 Å². The Morgan fingerprint density at radius 2 is 1.87 bits per heavy atom. The van der Waals surface area contributed by atoms with E-state index in [1.54, 1.807) is 0 Å². The van der Waals surface area contributed by atoms with Crippen LogP contribution in [0, 0.1) is 0 Å². The molecular weight excluding hydrogens is 336 g/mol. The fraction of sp³-hybridized carbons (Fsp3) is 0.600. The Kier molecular flexibility index (Phi) is 5.23. The van der Waals surface area contributed by atoms with Gasteiger partial charge in [0.15, 0.2) is 0 Å². The third kappa shape index (κ3) is 3.54. The number of hydrogen-bond donors (Lipinski definition) is 2. The molecule has 0 spiro atoms. The number of rotatable bonds is 2. The molecule has 0 atom stereocenters. The van der Waals surface area contributed by atoms with Crippen LogP contribution in [0.1, 0.15) is 16.1 Å². The predicted octanol–water partition coefficient (Wildman–Crippen LogP) is 0.959. The van der Waals surface area contributed by atoms with E-state index in [4.69, 9.17) is 0 Å². The van der Waals surface area contributed by atoms with Crippen molar-refractivity contribution in [3.8, 4) is 5.75 Å². The molecule has 126 valence electrons. The summed E-state index contributed by atoms with van der Waals surface area (Å²) in [4.78, 5) is 25.9. The molecule has 0 unspecified atom stereocenters. The van der Waals surface area contributed by atoms with E-state index in [1.165, 1.54) is 16.1 Å². The Morgan fingerprint density at radius 3 is 2.52 bits per heavy atom. The van der Waals surface area contributed by atoms with E-state index >= 15 is 0 Å². The normalized spacial score (nSPS) is 20.5. The number of carboxylic acids is 1. The zero-order valence-electron chi connectivity index (χ0n) is 12.7. The van der Waals surface area contributed by atoms with Crippen LogP contribution in [0.15, 0.2) is 10.9 Å². The van der Waals surface area contributed by atoms with Gasteiger partial charge in [0.25, 0.3) is 5.56 Å². The van der Waals surface area contributed by atoms with Gasteiger partial charge in [-0.3, -0.25) is 9.69 Å². The van der Waals surface area contributed by atoms with Crippen molar-refractivity contribution in [1.82, 2.24) is 9.47 Å². The first-order valence-corrected chi connectivity index (χ1v) is 9.97. The summed E-state index contributed by atoms with van der Waals surface area (Å²) >= 11 is 3.91. The number of hydrogen-bond acceptors (Lipinski definition) is 6. The minimum Gasteiger partial charge on any atom is -0.507 e. The van der Waals surface area contributed by atoms with Gasteiger partial charge >= 0.3 is 5.97 Å². The smallest absolute Gasteiger partial charge is 0.341 e. The number of carbonyl (C=O) groups is 1. The Balaban J connectivity index is 1.87. The number of thioether (sulfide) groups is 2. The number of carboxylic acid groups (broad SMARTS) is 1. The molecule has 3 rings (SSSR count). The molecular formula is C15H20N2O4S2. The molecule has 1 aromatic heterocycles. The van der Waals surface area contributed by atoms with E-state index in [-0.39, 0.29) is 11.1 Å². The van der Waals surface area contributed by atoms with Gasteiger partial charge in [-0.05, 0) is 0 Å². The van der Waals surface area contributed by atoms with Crippen LogP contribution in [0.25, 0.3) is 0 Å². The van der Waals surface area contributed by atoms with E-state index in [0.717, 1.165) is 30.7 Å². The van der Waals surface area contributed by atoms with Gasteiger partial charge in [0.1, 0.15) is 11.3 Å². The zero-order valence-corrected chi connectivity index (χ0v) is 14.4. The predicted molar refractivity (Wildman–Crippen MR) is 93.0 cm³/mol. The summed E-state index contributed by atoms with van der Waals surface area (Å²) in [5, 5.41) is 19.2. The van der Waals surface area contributed by atoms with Gasteiger partial charge in [-0.1, -0.05) is 0 Å². The van der Waals surface area contributed by atoms with Gasteiger partial charge in [-0.2, -0.15) is 23.5 Å². The second-order valence-electron chi connectivity index (χ2n) is 5.74. The molecule has 2 aliphatic rings. The molecule has 8 heteroatoms. The Labute approximate surface area is 142 Å². The molecule has 0 bridgehead atoms. The molecule has 0 amide bonds. The van der Waals surface area contributed by atoms with Crippen LogP contribution >= 0.6 is 23.5 Å². The lowest BCUT2D eigenvalue weighted by molar-refractivity contribution is 0.0691. The molecule has 0 saturated carbocycles. The number of aromatic carboxylic acids is 1. The maximum atomic E-state index is 12.1. The maximum Gasteiger partial charge on any atom is 0.341 e. The highest BCUT2D eigenvalue weighted by molar-refractivity contribution is 8.03. The third-order valence-electron chi connectivity index (χ3n) is 4.37. The summed E-state index contributed by atoms with van der Waals surface area (Å²) in [6.07, 6.45) is 0.469. The van der Waals surface area contributed by atoms with Gasteiger partial charge in [0.2, 0.25) is 0 Å². The molecule has 6 nitrogen and oxygen atoms in total. The highest BCUT2D eigenvalue weighted by Gasteiger charge is 2.27. The SMILES string of the molecule is O=C(O)c1c(O)cc(=O)n2c1CCN(C1CSCCSC1)CC2. The molecule has 1 fully saturated rings. The monoisotopic (exact) mass is 356 g/mol. The van der Waals surface area contributed by atoms with Gasteiger partial charge in [0, 0.05) is 66.9 Å². The van der Waals surface area contributed by atoms with Crippen LogP contribution in [-0.4, -0.2) is 67.8 Å². The van der Waals surface area contributed by atoms with Crippen molar-refractivity contribution in [3.63, 3.8) is 0 Å². The fourth-order valence-corrected chi connectivity index (χ4v) is 5.82. The van der Waals surface area contributed by atoms with E-state index in [1.807, 2.05) is 23.5 Å². The summed E-state index contributed by atoms with van der Waals surface area (Å²) < 4.78 is 1.51. The van der Waals surface area contributed by atoms with Crippen molar-refractivity contribution in [3.05, 3.63) is 27.7 Å². The van der Waals surface area contributed by atoms with E-state index in [0.29, 0.717) is 24.7 Å². The lowest BCUT2D eigenvalue weighted by atomic mass is 10.1. The van der Waals surface area contributed by atoms with Crippen LogP contribution < -0.4 is 5.56 Å². The molecule has 2 aliphatic heterocycles. The summed E-state index contributed by atoms with van der Waals surface area (Å²) in [6.45, 7) is 1.93. The molecule has 1 saturated heterocycles. The van der Waals surface area contributed by atoms with E-state index < -0.39 is 11.7 Å². The number of aromatic hydroxyl groups is 1. The molecule has 23 heavy (non-hydrogen) atoms. The highest BCUT2D eigenvalue weighted by atomic mass is 32.2. The fourth-order valence-electron chi connectivity index (χ4n) is 3.19. The molecule has 0 aliphatic carbocycles. The molecule has 3 heterocycles. The van der Waals surface area contributed by atoms with E-state index in [2.05, 4.69) is 4.90 Å². The van der Waals surface area contributed by atoms with Crippen molar-refractivity contribution in [2.24, 2.45) is 0 Å². The van der Waals surface area contributed by atoms with Crippen LogP contribution in [-0.2, 0) is 13.0 Å². The lowest BCUT2D eigenvalue weighted by Gasteiger charge is -2.28. The van der Waals surface area contributed by atoms with Gasteiger partial charge in [-0.15, -0.1) is 0 Å². The zero-order chi connectivity index (χ0) is 16.4. The van der Waals surface area contributed by atoms with Crippen molar-refractivity contribution >= 4 is 29.5 Å². The average molecular weight is 356 g/mol. The van der Waals surface area contributed by atoms with Gasteiger partial charge < -0.3 is 14.8 Å². The topological polar surface area (TPSA) is 82.8 Å². The molecule has 1 aromatic rings. The van der Waals surface area contributed by atoms with Crippen LogP contribution in [0.4, 0.5) is 0 Å². The summed E-state index contributed by atoms with van der Waals surface area (Å²) in [5.41, 5.74) is -0.0102. The van der Waals surface area contributed by atoms with Crippen LogP contribution in [0.3, 0.4) is 0 Å². The Morgan fingerprint density at radius 1 is 1.17 bits per heavy atom. The summed E-state index contributed by atoms with van der Waals surface area (Å²) in [5.74, 6) is 2.89. The van der Waals surface area contributed by atoms with Crippen molar-refractivity contribution in [1.29, 1.82) is 0 Å². The number of nitrogens with zero attached hydrogens (tertiary/aromatic N) is 2.